The molecule has 0 aliphatic heterocycles. The first-order valence-electron chi connectivity index (χ1n) is 5.05. The number of fused-ring (bicyclic) bond motifs is 1. The number of nitrogens with zero attached hydrogens (tertiary/aromatic N) is 1. The molecule has 4 heteroatoms. The van der Waals surface area contributed by atoms with E-state index in [0.717, 1.165) is 23.2 Å². The SMILES string of the molecule is CCCOc1ccc2nc(CO)[nH]c2c1. The highest BCUT2D eigenvalue weighted by Gasteiger charge is 2.02. The molecular weight excluding hydrogens is 192 g/mol. The van der Waals surface area contributed by atoms with Crippen molar-refractivity contribution in [3.8, 4) is 5.75 Å². The summed E-state index contributed by atoms with van der Waals surface area (Å²) in [6.07, 6.45) is 0.989. The number of rotatable bonds is 4. The van der Waals surface area contributed by atoms with E-state index in [1.54, 1.807) is 0 Å². The molecule has 80 valence electrons. The van der Waals surface area contributed by atoms with E-state index in [4.69, 9.17) is 9.84 Å². The molecule has 1 aromatic carbocycles. The van der Waals surface area contributed by atoms with E-state index in [2.05, 4.69) is 16.9 Å². The van der Waals surface area contributed by atoms with Gasteiger partial charge in [-0.1, -0.05) is 6.92 Å². The number of imidazole rings is 1. The molecule has 0 saturated carbocycles. The van der Waals surface area contributed by atoms with E-state index >= 15 is 0 Å². The van der Waals surface area contributed by atoms with Gasteiger partial charge in [0.25, 0.3) is 0 Å². The zero-order valence-electron chi connectivity index (χ0n) is 8.66. The van der Waals surface area contributed by atoms with Crippen LogP contribution in [0.5, 0.6) is 5.75 Å². The van der Waals surface area contributed by atoms with Gasteiger partial charge < -0.3 is 14.8 Å². The van der Waals surface area contributed by atoms with Crippen LogP contribution in [0.1, 0.15) is 19.2 Å². The van der Waals surface area contributed by atoms with Crippen LogP contribution in [-0.2, 0) is 6.61 Å². The lowest BCUT2D eigenvalue weighted by molar-refractivity contribution is 0.273. The summed E-state index contributed by atoms with van der Waals surface area (Å²) in [5.41, 5.74) is 1.75. The average Bonchev–Trinajstić information content (AvgIpc) is 2.68. The maximum Gasteiger partial charge on any atom is 0.133 e. The Hall–Kier alpha value is -1.55. The lowest BCUT2D eigenvalue weighted by Crippen LogP contribution is -1.94. The van der Waals surface area contributed by atoms with E-state index in [-0.39, 0.29) is 6.61 Å². The molecule has 2 N–H and O–H groups in total. The molecule has 4 nitrogen and oxygen atoms in total. The quantitative estimate of drug-likeness (QED) is 0.802. The first kappa shape index (κ1) is 9.98. The van der Waals surface area contributed by atoms with Gasteiger partial charge in [-0.05, 0) is 18.6 Å². The van der Waals surface area contributed by atoms with Crippen molar-refractivity contribution < 1.29 is 9.84 Å². The standard InChI is InChI=1S/C11H14N2O2/c1-2-5-15-8-3-4-9-10(6-8)13-11(7-14)12-9/h3-4,6,14H,2,5,7H2,1H3,(H,12,13). The average molecular weight is 206 g/mol. The van der Waals surface area contributed by atoms with Gasteiger partial charge in [-0.2, -0.15) is 0 Å². The number of H-pyrrole nitrogens is 1. The summed E-state index contributed by atoms with van der Waals surface area (Å²) in [5, 5.41) is 8.92. The van der Waals surface area contributed by atoms with Crippen LogP contribution in [0.4, 0.5) is 0 Å². The van der Waals surface area contributed by atoms with Crippen molar-refractivity contribution in [3.05, 3.63) is 24.0 Å². The number of aromatic amines is 1. The second-order valence-corrected chi connectivity index (χ2v) is 3.37. The Morgan fingerprint density at radius 2 is 2.33 bits per heavy atom. The molecular formula is C11H14N2O2. The van der Waals surface area contributed by atoms with Crippen molar-refractivity contribution in [2.75, 3.05) is 6.61 Å². The molecule has 2 rings (SSSR count). The van der Waals surface area contributed by atoms with Crippen molar-refractivity contribution in [3.63, 3.8) is 0 Å². The molecule has 1 aromatic heterocycles. The maximum atomic E-state index is 8.92. The molecule has 2 aromatic rings. The summed E-state index contributed by atoms with van der Waals surface area (Å²) >= 11 is 0. The predicted molar refractivity (Wildman–Crippen MR) is 57.8 cm³/mol. The van der Waals surface area contributed by atoms with Gasteiger partial charge in [0.1, 0.15) is 18.2 Å². The largest absolute Gasteiger partial charge is 0.494 e. The summed E-state index contributed by atoms with van der Waals surface area (Å²) in [7, 11) is 0. The predicted octanol–water partition coefficient (Wildman–Crippen LogP) is 1.84. The molecule has 0 aliphatic rings. The fourth-order valence-electron chi connectivity index (χ4n) is 1.43. The van der Waals surface area contributed by atoms with E-state index in [1.165, 1.54) is 0 Å². The monoisotopic (exact) mass is 206 g/mol. The fraction of sp³-hybridized carbons (Fsp3) is 0.364. The summed E-state index contributed by atoms with van der Waals surface area (Å²) in [6, 6.07) is 5.67. The first-order valence-corrected chi connectivity index (χ1v) is 5.05. The molecule has 0 amide bonds. The minimum absolute atomic E-state index is 0.0696. The third-order valence-electron chi connectivity index (χ3n) is 2.13. The van der Waals surface area contributed by atoms with Crippen LogP contribution in [0, 0.1) is 0 Å². The van der Waals surface area contributed by atoms with Crippen LogP contribution >= 0.6 is 0 Å². The minimum atomic E-state index is -0.0696. The fourth-order valence-corrected chi connectivity index (χ4v) is 1.43. The van der Waals surface area contributed by atoms with Crippen LogP contribution < -0.4 is 4.74 Å². The van der Waals surface area contributed by atoms with Crippen LogP contribution in [0.25, 0.3) is 11.0 Å². The van der Waals surface area contributed by atoms with Crippen LogP contribution in [0.2, 0.25) is 0 Å². The lowest BCUT2D eigenvalue weighted by Gasteiger charge is -2.02. The minimum Gasteiger partial charge on any atom is -0.494 e. The summed E-state index contributed by atoms with van der Waals surface area (Å²) in [4.78, 5) is 7.21. The number of hydrogen-bond donors (Lipinski definition) is 2. The van der Waals surface area contributed by atoms with Crippen LogP contribution in [-0.4, -0.2) is 21.7 Å². The van der Waals surface area contributed by atoms with Gasteiger partial charge in [0.15, 0.2) is 0 Å². The Labute approximate surface area is 87.9 Å². The first-order chi connectivity index (χ1) is 7.33. The molecule has 0 saturated heterocycles. The second kappa shape index (κ2) is 4.31. The van der Waals surface area contributed by atoms with E-state index in [1.807, 2.05) is 18.2 Å². The molecule has 0 radical (unpaired) electrons. The number of benzene rings is 1. The van der Waals surface area contributed by atoms with E-state index < -0.39 is 0 Å². The van der Waals surface area contributed by atoms with Crippen molar-refractivity contribution in [2.24, 2.45) is 0 Å². The van der Waals surface area contributed by atoms with Crippen LogP contribution in [0.15, 0.2) is 18.2 Å². The maximum absolute atomic E-state index is 8.92. The number of nitrogens with one attached hydrogen (secondary N) is 1. The molecule has 0 atom stereocenters. The van der Waals surface area contributed by atoms with Crippen LogP contribution in [0.3, 0.4) is 0 Å². The highest BCUT2D eigenvalue weighted by atomic mass is 16.5. The van der Waals surface area contributed by atoms with E-state index in [9.17, 15) is 0 Å². The van der Waals surface area contributed by atoms with E-state index in [0.29, 0.717) is 12.4 Å². The zero-order valence-corrected chi connectivity index (χ0v) is 8.66. The van der Waals surface area contributed by atoms with Gasteiger partial charge in [0.05, 0.1) is 17.6 Å². The van der Waals surface area contributed by atoms with Crippen molar-refractivity contribution in [1.29, 1.82) is 0 Å². The zero-order chi connectivity index (χ0) is 10.7. The Bertz CT molecular complexity index is 451. The highest BCUT2D eigenvalue weighted by molar-refractivity contribution is 5.76. The number of aliphatic hydroxyl groups is 1. The Morgan fingerprint density at radius 1 is 1.47 bits per heavy atom. The topological polar surface area (TPSA) is 58.1 Å². The lowest BCUT2D eigenvalue weighted by atomic mass is 10.3. The Morgan fingerprint density at radius 3 is 3.07 bits per heavy atom. The molecule has 0 fully saturated rings. The second-order valence-electron chi connectivity index (χ2n) is 3.37. The number of aliphatic hydroxyl groups excluding tert-OH is 1. The molecule has 0 spiro atoms. The van der Waals surface area contributed by atoms with Gasteiger partial charge in [0, 0.05) is 6.07 Å². The summed E-state index contributed by atoms with van der Waals surface area (Å²) in [5.74, 6) is 1.41. The highest BCUT2D eigenvalue weighted by Crippen LogP contribution is 2.19. The van der Waals surface area contributed by atoms with Gasteiger partial charge in [-0.25, -0.2) is 4.98 Å². The third kappa shape index (κ3) is 2.10. The third-order valence-corrected chi connectivity index (χ3v) is 2.13. The molecule has 15 heavy (non-hydrogen) atoms. The molecule has 1 heterocycles. The van der Waals surface area contributed by atoms with Gasteiger partial charge >= 0.3 is 0 Å². The van der Waals surface area contributed by atoms with Gasteiger partial charge in [-0.15, -0.1) is 0 Å². The van der Waals surface area contributed by atoms with Crippen molar-refractivity contribution >= 4 is 11.0 Å². The molecule has 0 aliphatic carbocycles. The Balaban J connectivity index is 2.29. The van der Waals surface area contributed by atoms with Crippen molar-refractivity contribution in [1.82, 2.24) is 9.97 Å². The summed E-state index contributed by atoms with van der Waals surface area (Å²) < 4.78 is 5.50. The normalized spacial score (nSPS) is 10.8. The molecule has 0 bridgehead atoms. The smallest absolute Gasteiger partial charge is 0.133 e. The summed E-state index contributed by atoms with van der Waals surface area (Å²) in [6.45, 7) is 2.71. The Kier molecular flexibility index (Phi) is 2.87. The molecule has 0 unspecified atom stereocenters. The number of hydrogen-bond acceptors (Lipinski definition) is 3. The van der Waals surface area contributed by atoms with Gasteiger partial charge in [-0.3, -0.25) is 0 Å². The van der Waals surface area contributed by atoms with Crippen molar-refractivity contribution in [2.45, 2.75) is 20.0 Å². The number of aromatic nitrogens is 2. The van der Waals surface area contributed by atoms with Gasteiger partial charge in [0.2, 0.25) is 0 Å². The number of ether oxygens (including phenoxy) is 1.